The number of aryl methyl sites for hydroxylation is 1. The first-order valence-electron chi connectivity index (χ1n) is 12.2. The number of benzene rings is 3. The number of nitrogens with zero attached hydrogens (tertiary/aromatic N) is 4. The molecule has 39 heavy (non-hydrogen) atoms. The van der Waals surface area contributed by atoms with E-state index in [9.17, 15) is 4.79 Å². The molecule has 0 spiro atoms. The number of methoxy groups -OCH3 is 1. The molecule has 0 aliphatic carbocycles. The predicted molar refractivity (Wildman–Crippen MR) is 148 cm³/mol. The molecule has 10 heteroatoms. The lowest BCUT2D eigenvalue weighted by Gasteiger charge is -2.23. The second-order valence-corrected chi connectivity index (χ2v) is 10.6. The number of carbonyl (C=O) groups excluding carboxylic acids is 1. The minimum Gasteiger partial charge on any atom is -0.483 e. The maximum atomic E-state index is 12.4. The lowest BCUT2D eigenvalue weighted by Crippen LogP contribution is -2.37. The van der Waals surface area contributed by atoms with Gasteiger partial charge in [-0.3, -0.25) is 5.32 Å². The highest BCUT2D eigenvalue weighted by Crippen LogP contribution is 2.44. The summed E-state index contributed by atoms with van der Waals surface area (Å²) in [4.78, 5) is 26.5. The number of nitriles is 1. The van der Waals surface area contributed by atoms with Crippen LogP contribution in [0.4, 0.5) is 10.5 Å². The molecule has 3 aromatic carbocycles. The first-order chi connectivity index (χ1) is 18.8. The van der Waals surface area contributed by atoms with Gasteiger partial charge in [-0.1, -0.05) is 6.07 Å². The number of aromatic nitrogens is 3. The van der Waals surface area contributed by atoms with E-state index in [0.717, 1.165) is 48.7 Å². The van der Waals surface area contributed by atoms with E-state index in [4.69, 9.17) is 24.5 Å². The van der Waals surface area contributed by atoms with Gasteiger partial charge in [0.15, 0.2) is 0 Å². The highest BCUT2D eigenvalue weighted by molar-refractivity contribution is 7.22. The Bertz CT molecular complexity index is 1810. The van der Waals surface area contributed by atoms with Crippen LogP contribution in [0.3, 0.4) is 0 Å². The molecule has 3 heterocycles. The molecule has 2 aromatic heterocycles. The molecule has 9 nitrogen and oxygen atoms in total. The molecular weight excluding hydrogens is 514 g/mol. The monoisotopic (exact) mass is 537 g/mol. The molecule has 5 aromatic rings. The molecule has 0 radical (unpaired) electrons. The number of ether oxygens (including phenoxy) is 3. The van der Waals surface area contributed by atoms with Crippen LogP contribution < -0.4 is 14.8 Å². The fourth-order valence-corrected chi connectivity index (χ4v) is 5.83. The Morgan fingerprint density at radius 1 is 1.21 bits per heavy atom. The molecule has 0 fully saturated rings. The van der Waals surface area contributed by atoms with Gasteiger partial charge in [-0.05, 0) is 61.9 Å². The smallest absolute Gasteiger partial charge is 0.411 e. The molecule has 0 bridgehead atoms. The van der Waals surface area contributed by atoms with Crippen LogP contribution in [-0.4, -0.2) is 40.4 Å². The number of anilines is 1. The lowest BCUT2D eigenvalue weighted by molar-refractivity contribution is 0.0336. The van der Waals surface area contributed by atoms with Gasteiger partial charge < -0.3 is 14.2 Å². The zero-order valence-corrected chi connectivity index (χ0v) is 22.3. The van der Waals surface area contributed by atoms with Crippen LogP contribution in [0.15, 0.2) is 54.7 Å². The van der Waals surface area contributed by atoms with Crippen LogP contribution in [0.5, 0.6) is 11.6 Å². The molecular formula is C29H23N5O4S. The van der Waals surface area contributed by atoms with E-state index in [1.807, 2.05) is 38.1 Å². The third-order valence-corrected chi connectivity index (χ3v) is 7.64. The maximum Gasteiger partial charge on any atom is 0.411 e. The molecule has 1 atom stereocenters. The summed E-state index contributed by atoms with van der Waals surface area (Å²) in [6.45, 7) is 3.99. The fourth-order valence-electron chi connectivity index (χ4n) is 4.71. The van der Waals surface area contributed by atoms with Crippen LogP contribution in [0.2, 0.25) is 0 Å². The summed E-state index contributed by atoms with van der Waals surface area (Å²) in [7, 11) is 1.57. The molecule has 0 unspecified atom stereocenters. The SMILES string of the molecule is COc1cnc2c(-c3nc4ccc5c(c4s3)C[C@](C)(COC(=O)Nc3cccc(C#N)c3)O5)cc(C)cc2n1. The van der Waals surface area contributed by atoms with Crippen molar-refractivity contribution in [2.75, 3.05) is 19.0 Å². The van der Waals surface area contributed by atoms with E-state index in [1.54, 1.807) is 48.9 Å². The second kappa shape index (κ2) is 9.53. The summed E-state index contributed by atoms with van der Waals surface area (Å²) in [5.41, 5.74) is 5.59. The molecule has 0 saturated carbocycles. The van der Waals surface area contributed by atoms with Gasteiger partial charge in [0.25, 0.3) is 0 Å². The minimum absolute atomic E-state index is 0.0541. The molecule has 1 N–H and O–H groups in total. The molecule has 6 rings (SSSR count). The van der Waals surface area contributed by atoms with E-state index in [2.05, 4.69) is 21.4 Å². The Balaban J connectivity index is 1.24. The third kappa shape index (κ3) is 4.69. The summed E-state index contributed by atoms with van der Waals surface area (Å²) in [6, 6.07) is 16.6. The number of fused-ring (bicyclic) bond motifs is 4. The summed E-state index contributed by atoms with van der Waals surface area (Å²) in [5.74, 6) is 1.22. The van der Waals surface area contributed by atoms with Crippen molar-refractivity contribution in [3.8, 4) is 28.3 Å². The number of nitrogens with one attached hydrogen (secondary N) is 1. The molecule has 1 aliphatic heterocycles. The number of hydrogen-bond donors (Lipinski definition) is 1. The van der Waals surface area contributed by atoms with Gasteiger partial charge in [0.1, 0.15) is 23.0 Å². The summed E-state index contributed by atoms with van der Waals surface area (Å²) in [5, 5.41) is 12.6. The van der Waals surface area contributed by atoms with Crippen molar-refractivity contribution in [3.05, 3.63) is 71.4 Å². The molecule has 1 aliphatic rings. The quantitative estimate of drug-likeness (QED) is 0.288. The van der Waals surface area contributed by atoms with Crippen molar-refractivity contribution in [2.24, 2.45) is 0 Å². The number of amides is 1. The van der Waals surface area contributed by atoms with Gasteiger partial charge >= 0.3 is 6.09 Å². The van der Waals surface area contributed by atoms with Gasteiger partial charge in [-0.15, -0.1) is 11.3 Å². The van der Waals surface area contributed by atoms with E-state index in [-0.39, 0.29) is 6.61 Å². The summed E-state index contributed by atoms with van der Waals surface area (Å²) < 4.78 is 18.1. The third-order valence-electron chi connectivity index (χ3n) is 6.48. The first kappa shape index (κ1) is 24.6. The Hall–Kier alpha value is -4.75. The standard InChI is InChI=1S/C29H23N5O4S/c1-16-9-19(25-22(10-16)33-24(36-3)14-31-25)27-34-21-7-8-23-20(26(21)39-27)12-29(2,38-23)15-37-28(35)32-18-6-4-5-17(11-18)13-30/h4-11,14H,12,15H2,1-3H3,(H,32,35)/t29-/m1/s1. The lowest BCUT2D eigenvalue weighted by atomic mass is 10.00. The number of thiazole rings is 1. The Morgan fingerprint density at radius 3 is 2.90 bits per heavy atom. The largest absolute Gasteiger partial charge is 0.483 e. The number of carbonyl (C=O) groups is 1. The number of rotatable bonds is 5. The van der Waals surface area contributed by atoms with Crippen molar-refractivity contribution >= 4 is 44.4 Å². The topological polar surface area (TPSA) is 119 Å². The van der Waals surface area contributed by atoms with E-state index >= 15 is 0 Å². The second-order valence-electron chi connectivity index (χ2n) is 9.62. The Labute approximate surface area is 228 Å². The summed E-state index contributed by atoms with van der Waals surface area (Å²) in [6.07, 6.45) is 1.56. The first-order valence-corrected chi connectivity index (χ1v) is 13.0. The molecule has 194 valence electrons. The van der Waals surface area contributed by atoms with Crippen molar-refractivity contribution in [1.82, 2.24) is 15.0 Å². The molecule has 1 amide bonds. The normalized spacial score (nSPS) is 15.9. The van der Waals surface area contributed by atoms with Gasteiger partial charge in [0.05, 0.1) is 46.2 Å². The predicted octanol–water partition coefficient (Wildman–Crippen LogP) is 6.04. The average molecular weight is 538 g/mol. The number of hydrogen-bond acceptors (Lipinski definition) is 9. The van der Waals surface area contributed by atoms with Crippen LogP contribution in [-0.2, 0) is 11.2 Å². The summed E-state index contributed by atoms with van der Waals surface area (Å²) >= 11 is 1.58. The van der Waals surface area contributed by atoms with E-state index in [0.29, 0.717) is 23.6 Å². The van der Waals surface area contributed by atoms with Crippen LogP contribution in [0, 0.1) is 18.3 Å². The van der Waals surface area contributed by atoms with Crippen LogP contribution in [0.25, 0.3) is 31.8 Å². The van der Waals surface area contributed by atoms with Gasteiger partial charge in [0.2, 0.25) is 5.88 Å². The minimum atomic E-state index is -0.731. The van der Waals surface area contributed by atoms with Crippen molar-refractivity contribution in [2.45, 2.75) is 25.9 Å². The van der Waals surface area contributed by atoms with Gasteiger partial charge in [0, 0.05) is 23.2 Å². The van der Waals surface area contributed by atoms with Crippen LogP contribution in [0.1, 0.15) is 23.6 Å². The van der Waals surface area contributed by atoms with E-state index in [1.165, 1.54) is 0 Å². The average Bonchev–Trinajstić information content (AvgIpc) is 3.52. The van der Waals surface area contributed by atoms with Gasteiger partial charge in [-0.25, -0.2) is 19.7 Å². The van der Waals surface area contributed by atoms with Crippen molar-refractivity contribution in [3.63, 3.8) is 0 Å². The zero-order chi connectivity index (χ0) is 27.1. The fraction of sp³-hybridized carbons (Fsp3) is 0.207. The van der Waals surface area contributed by atoms with Crippen molar-refractivity contribution < 1.29 is 19.0 Å². The zero-order valence-electron chi connectivity index (χ0n) is 21.4. The Morgan fingerprint density at radius 2 is 2.08 bits per heavy atom. The van der Waals surface area contributed by atoms with E-state index < -0.39 is 11.7 Å². The van der Waals surface area contributed by atoms with Crippen LogP contribution >= 0.6 is 11.3 Å². The highest BCUT2D eigenvalue weighted by atomic mass is 32.1. The van der Waals surface area contributed by atoms with Gasteiger partial charge in [-0.2, -0.15) is 5.26 Å². The highest BCUT2D eigenvalue weighted by Gasteiger charge is 2.38. The molecule has 0 saturated heterocycles. The van der Waals surface area contributed by atoms with Crippen molar-refractivity contribution in [1.29, 1.82) is 5.26 Å². The maximum absolute atomic E-state index is 12.4. The Kier molecular flexibility index (Phi) is 6.00.